The average Bonchev–Trinajstić information content (AvgIpc) is 3.32. The van der Waals surface area contributed by atoms with Gasteiger partial charge < -0.3 is 14.6 Å². The molecule has 5 rings (SSSR count). The highest BCUT2D eigenvalue weighted by atomic mass is 16.3. The molecule has 6 nitrogen and oxygen atoms in total. The van der Waals surface area contributed by atoms with Crippen LogP contribution in [0.25, 0.3) is 39.5 Å². The van der Waals surface area contributed by atoms with Crippen molar-refractivity contribution in [2.24, 2.45) is 0 Å². The summed E-state index contributed by atoms with van der Waals surface area (Å²) in [7, 11) is 0. The molecule has 116 valence electrons. The molecule has 0 amide bonds. The lowest BCUT2D eigenvalue weighted by molar-refractivity contribution is 0.577. The number of benzene rings is 1. The summed E-state index contributed by atoms with van der Waals surface area (Å²) >= 11 is 0. The van der Waals surface area contributed by atoms with Crippen molar-refractivity contribution in [3.63, 3.8) is 0 Å². The quantitative estimate of drug-likeness (QED) is 0.532. The van der Waals surface area contributed by atoms with Gasteiger partial charge in [0.2, 0.25) is 5.82 Å². The van der Waals surface area contributed by atoms with Gasteiger partial charge in [0.25, 0.3) is 0 Å². The van der Waals surface area contributed by atoms with Crippen LogP contribution in [0.15, 0.2) is 69.7 Å². The molecule has 4 heterocycles. The number of anilines is 1. The molecule has 1 aromatic carbocycles. The maximum absolute atomic E-state index is 6.14. The van der Waals surface area contributed by atoms with Gasteiger partial charge in [-0.2, -0.15) is 4.52 Å². The van der Waals surface area contributed by atoms with E-state index in [1.807, 2.05) is 48.5 Å². The Labute approximate surface area is 136 Å². The molecule has 4 aromatic heterocycles. The predicted octanol–water partition coefficient (Wildman–Crippen LogP) is 3.98. The SMILES string of the molecule is Nc1cc(-c2cc3ccccc3o2)cc2nc(-c3ccco3)nn12. The summed E-state index contributed by atoms with van der Waals surface area (Å²) in [5.74, 6) is 2.32. The van der Waals surface area contributed by atoms with Gasteiger partial charge in [-0.05, 0) is 36.4 Å². The molecule has 0 fully saturated rings. The third-order valence-corrected chi connectivity index (χ3v) is 3.92. The second-order valence-corrected chi connectivity index (χ2v) is 5.50. The standard InChI is InChI=1S/C18H12N4O2/c19-16-9-12(15-8-11-4-1-2-5-13(11)24-15)10-17-20-18(21-22(16)17)14-6-3-7-23-14/h1-10H,19H2. The number of pyridine rings is 1. The lowest BCUT2D eigenvalue weighted by atomic mass is 10.2. The fraction of sp³-hybridized carbons (Fsp3) is 0. The highest BCUT2D eigenvalue weighted by Crippen LogP contribution is 2.30. The maximum atomic E-state index is 6.14. The van der Waals surface area contributed by atoms with Crippen LogP contribution in [-0.2, 0) is 0 Å². The third kappa shape index (κ3) is 1.90. The molecular formula is C18H12N4O2. The summed E-state index contributed by atoms with van der Waals surface area (Å²) in [6.07, 6.45) is 1.59. The summed E-state index contributed by atoms with van der Waals surface area (Å²) < 4.78 is 12.8. The lowest BCUT2D eigenvalue weighted by Crippen LogP contribution is -1.98. The van der Waals surface area contributed by atoms with Crippen molar-refractivity contribution in [2.45, 2.75) is 0 Å². The van der Waals surface area contributed by atoms with E-state index in [1.165, 1.54) is 0 Å². The van der Waals surface area contributed by atoms with Crippen molar-refractivity contribution < 1.29 is 8.83 Å². The molecule has 0 radical (unpaired) electrons. The monoisotopic (exact) mass is 316 g/mol. The van der Waals surface area contributed by atoms with Gasteiger partial charge in [-0.1, -0.05) is 18.2 Å². The molecule has 0 spiro atoms. The van der Waals surface area contributed by atoms with Crippen LogP contribution in [0.3, 0.4) is 0 Å². The van der Waals surface area contributed by atoms with Crippen LogP contribution >= 0.6 is 0 Å². The summed E-state index contributed by atoms with van der Waals surface area (Å²) in [6, 6.07) is 17.2. The predicted molar refractivity (Wildman–Crippen MR) is 90.3 cm³/mol. The Morgan fingerprint density at radius 1 is 0.958 bits per heavy atom. The molecule has 0 aliphatic carbocycles. The van der Waals surface area contributed by atoms with E-state index in [0.29, 0.717) is 23.0 Å². The van der Waals surface area contributed by atoms with Crippen molar-refractivity contribution in [3.8, 4) is 22.9 Å². The number of hydrogen-bond acceptors (Lipinski definition) is 5. The second-order valence-electron chi connectivity index (χ2n) is 5.50. The van der Waals surface area contributed by atoms with E-state index in [1.54, 1.807) is 16.8 Å². The summed E-state index contributed by atoms with van der Waals surface area (Å²) in [4.78, 5) is 4.49. The summed E-state index contributed by atoms with van der Waals surface area (Å²) in [5.41, 5.74) is 8.47. The minimum atomic E-state index is 0.480. The number of nitrogen functional groups attached to an aromatic ring is 1. The Hall–Kier alpha value is -3.54. The Morgan fingerprint density at radius 2 is 1.88 bits per heavy atom. The number of para-hydroxylation sites is 1. The average molecular weight is 316 g/mol. The van der Waals surface area contributed by atoms with Crippen LogP contribution in [0.1, 0.15) is 0 Å². The molecule has 0 bridgehead atoms. The first-order valence-corrected chi connectivity index (χ1v) is 7.47. The maximum Gasteiger partial charge on any atom is 0.217 e. The Kier molecular flexibility index (Phi) is 2.55. The zero-order valence-electron chi connectivity index (χ0n) is 12.5. The van der Waals surface area contributed by atoms with Crippen LogP contribution in [0.5, 0.6) is 0 Å². The van der Waals surface area contributed by atoms with E-state index >= 15 is 0 Å². The number of nitrogens with zero attached hydrogens (tertiary/aromatic N) is 3. The fourth-order valence-electron chi connectivity index (χ4n) is 2.79. The number of furan rings is 2. The molecule has 24 heavy (non-hydrogen) atoms. The van der Waals surface area contributed by atoms with E-state index < -0.39 is 0 Å². The summed E-state index contributed by atoms with van der Waals surface area (Å²) in [6.45, 7) is 0. The van der Waals surface area contributed by atoms with Crippen LogP contribution in [0.2, 0.25) is 0 Å². The lowest BCUT2D eigenvalue weighted by Gasteiger charge is -2.01. The molecule has 5 aromatic rings. The molecule has 0 saturated heterocycles. The highest BCUT2D eigenvalue weighted by Gasteiger charge is 2.14. The van der Waals surface area contributed by atoms with Crippen LogP contribution in [0.4, 0.5) is 5.82 Å². The minimum absolute atomic E-state index is 0.480. The number of rotatable bonds is 2. The molecule has 6 heteroatoms. The smallest absolute Gasteiger partial charge is 0.217 e. The zero-order chi connectivity index (χ0) is 16.1. The van der Waals surface area contributed by atoms with Gasteiger partial charge in [-0.25, -0.2) is 4.98 Å². The first-order chi connectivity index (χ1) is 11.8. The normalized spacial score (nSPS) is 11.5. The van der Waals surface area contributed by atoms with Crippen molar-refractivity contribution in [2.75, 3.05) is 5.73 Å². The van der Waals surface area contributed by atoms with E-state index in [4.69, 9.17) is 14.6 Å². The highest BCUT2D eigenvalue weighted by molar-refractivity contribution is 5.83. The van der Waals surface area contributed by atoms with Gasteiger partial charge in [-0.15, -0.1) is 5.10 Å². The third-order valence-electron chi connectivity index (χ3n) is 3.92. The largest absolute Gasteiger partial charge is 0.461 e. The van der Waals surface area contributed by atoms with Gasteiger partial charge in [0.15, 0.2) is 11.4 Å². The number of fused-ring (bicyclic) bond motifs is 2. The van der Waals surface area contributed by atoms with E-state index in [-0.39, 0.29) is 0 Å². The number of hydrogen-bond donors (Lipinski definition) is 1. The van der Waals surface area contributed by atoms with Gasteiger partial charge in [0.05, 0.1) is 6.26 Å². The Bertz CT molecular complexity index is 1140. The first kappa shape index (κ1) is 13.0. The fourth-order valence-corrected chi connectivity index (χ4v) is 2.79. The first-order valence-electron chi connectivity index (χ1n) is 7.47. The molecule has 0 aliphatic heterocycles. The van der Waals surface area contributed by atoms with Crippen LogP contribution < -0.4 is 5.73 Å². The van der Waals surface area contributed by atoms with Crippen molar-refractivity contribution in [1.29, 1.82) is 0 Å². The van der Waals surface area contributed by atoms with Gasteiger partial charge in [0.1, 0.15) is 17.2 Å². The molecule has 0 atom stereocenters. The van der Waals surface area contributed by atoms with E-state index in [2.05, 4.69) is 10.1 Å². The number of nitrogens with two attached hydrogens (primary N) is 1. The molecule has 0 unspecified atom stereocenters. The van der Waals surface area contributed by atoms with E-state index in [9.17, 15) is 0 Å². The molecule has 0 saturated carbocycles. The summed E-state index contributed by atoms with van der Waals surface area (Å²) in [5, 5.41) is 5.43. The molecular weight excluding hydrogens is 304 g/mol. The van der Waals surface area contributed by atoms with Gasteiger partial charge >= 0.3 is 0 Å². The van der Waals surface area contributed by atoms with Crippen molar-refractivity contribution in [1.82, 2.24) is 14.6 Å². The van der Waals surface area contributed by atoms with Crippen LogP contribution in [-0.4, -0.2) is 14.6 Å². The minimum Gasteiger partial charge on any atom is -0.461 e. The van der Waals surface area contributed by atoms with Gasteiger partial charge in [0, 0.05) is 10.9 Å². The van der Waals surface area contributed by atoms with Crippen molar-refractivity contribution >= 4 is 22.4 Å². The number of aromatic nitrogens is 3. The second kappa shape index (κ2) is 4.73. The van der Waals surface area contributed by atoms with Crippen LogP contribution in [0, 0.1) is 0 Å². The van der Waals surface area contributed by atoms with Gasteiger partial charge in [-0.3, -0.25) is 0 Å². The topological polar surface area (TPSA) is 82.5 Å². The zero-order valence-corrected chi connectivity index (χ0v) is 12.5. The van der Waals surface area contributed by atoms with Crippen molar-refractivity contribution in [3.05, 3.63) is 60.9 Å². The van der Waals surface area contributed by atoms with E-state index in [0.717, 1.165) is 22.3 Å². The molecule has 2 N–H and O–H groups in total. The molecule has 0 aliphatic rings. The Morgan fingerprint density at radius 3 is 2.71 bits per heavy atom. The Balaban J connectivity index is 1.69.